The van der Waals surface area contributed by atoms with Crippen molar-refractivity contribution >= 4 is 34.9 Å². The Labute approximate surface area is 100 Å². The lowest BCUT2D eigenvalue weighted by atomic mass is 10.3. The molecule has 7 heteroatoms. The van der Waals surface area contributed by atoms with Crippen molar-refractivity contribution in [3.63, 3.8) is 0 Å². The number of carbonyl (C=O) groups excluding carboxylic acids is 1. The lowest BCUT2D eigenvalue weighted by Gasteiger charge is -2.01. The summed E-state index contributed by atoms with van der Waals surface area (Å²) in [5.74, 6) is -0.137. The lowest BCUT2D eigenvalue weighted by molar-refractivity contribution is 0.102. The molecule has 5 nitrogen and oxygen atoms in total. The zero-order chi connectivity index (χ0) is 11.5. The molecule has 0 spiro atoms. The number of carbonyl (C=O) groups is 1. The fraction of sp³-hybridized carbons (Fsp3) is 0. The first-order valence-electron chi connectivity index (χ1n) is 4.18. The van der Waals surface area contributed by atoms with E-state index in [2.05, 4.69) is 15.3 Å². The van der Waals surface area contributed by atoms with Crippen molar-refractivity contribution in [2.24, 2.45) is 0 Å². The number of halogens is 2. The van der Waals surface area contributed by atoms with Gasteiger partial charge in [0.15, 0.2) is 5.82 Å². The summed E-state index contributed by atoms with van der Waals surface area (Å²) < 4.78 is 4.79. The Balaban J connectivity index is 2.14. The first-order valence-corrected chi connectivity index (χ1v) is 4.94. The Morgan fingerprint density at radius 3 is 2.69 bits per heavy atom. The first-order chi connectivity index (χ1) is 7.66. The second kappa shape index (κ2) is 4.51. The Hall–Kier alpha value is -1.59. The van der Waals surface area contributed by atoms with E-state index in [0.29, 0.717) is 0 Å². The number of furan rings is 1. The first kappa shape index (κ1) is 10.9. The Morgan fingerprint density at radius 2 is 2.12 bits per heavy atom. The topological polar surface area (TPSA) is 68.0 Å². The van der Waals surface area contributed by atoms with Crippen LogP contribution in [0.3, 0.4) is 0 Å². The van der Waals surface area contributed by atoms with Gasteiger partial charge in [0.1, 0.15) is 5.15 Å². The second-order valence-electron chi connectivity index (χ2n) is 2.79. The molecule has 82 valence electrons. The highest BCUT2D eigenvalue weighted by atomic mass is 35.5. The van der Waals surface area contributed by atoms with E-state index < -0.39 is 5.91 Å². The highest BCUT2D eigenvalue weighted by Crippen LogP contribution is 2.17. The zero-order valence-corrected chi connectivity index (χ0v) is 9.29. The number of aromatic nitrogens is 2. The minimum atomic E-state index is -0.421. The average Bonchev–Trinajstić information content (AvgIpc) is 2.68. The number of rotatable bonds is 2. The fourth-order valence-electron chi connectivity index (χ4n) is 1.02. The van der Waals surface area contributed by atoms with Gasteiger partial charge in [-0.2, -0.15) is 0 Å². The number of nitrogens with one attached hydrogen (secondary N) is 1. The van der Waals surface area contributed by atoms with Gasteiger partial charge >= 0.3 is 0 Å². The van der Waals surface area contributed by atoms with Crippen molar-refractivity contribution in [3.8, 4) is 0 Å². The van der Waals surface area contributed by atoms with Gasteiger partial charge in [0.05, 0.1) is 24.2 Å². The molecule has 0 aliphatic heterocycles. The second-order valence-corrected chi connectivity index (χ2v) is 3.52. The van der Waals surface area contributed by atoms with E-state index in [1.807, 2.05) is 0 Å². The van der Waals surface area contributed by atoms with Gasteiger partial charge in [0, 0.05) is 0 Å². The van der Waals surface area contributed by atoms with E-state index in [0.717, 1.165) is 0 Å². The molecule has 16 heavy (non-hydrogen) atoms. The van der Waals surface area contributed by atoms with Crippen LogP contribution in [0, 0.1) is 0 Å². The maximum absolute atomic E-state index is 11.6. The highest BCUT2D eigenvalue weighted by Gasteiger charge is 2.13. The monoisotopic (exact) mass is 257 g/mol. The molecule has 1 amide bonds. The summed E-state index contributed by atoms with van der Waals surface area (Å²) in [4.78, 5) is 19.3. The van der Waals surface area contributed by atoms with Crippen LogP contribution in [0.2, 0.25) is 10.4 Å². The molecule has 0 aliphatic rings. The van der Waals surface area contributed by atoms with E-state index in [-0.39, 0.29) is 21.8 Å². The molecule has 2 aromatic heterocycles. The maximum atomic E-state index is 11.6. The Bertz CT molecular complexity index is 510. The summed E-state index contributed by atoms with van der Waals surface area (Å²) in [6.07, 6.45) is 3.99. The van der Waals surface area contributed by atoms with E-state index in [9.17, 15) is 4.79 Å². The molecule has 0 saturated heterocycles. The molecule has 2 aromatic rings. The van der Waals surface area contributed by atoms with Crippen LogP contribution in [0.1, 0.15) is 10.4 Å². The summed E-state index contributed by atoms with van der Waals surface area (Å²) in [6, 6.07) is 1.46. The SMILES string of the molecule is O=C(Nc1cnc(Cl)cn1)c1ccoc1Cl. The molecule has 0 unspecified atom stereocenters. The van der Waals surface area contributed by atoms with Crippen molar-refractivity contribution in [2.45, 2.75) is 0 Å². The molecule has 0 aliphatic carbocycles. The maximum Gasteiger partial charge on any atom is 0.261 e. The smallest absolute Gasteiger partial charge is 0.261 e. The van der Waals surface area contributed by atoms with Crippen LogP contribution in [0.25, 0.3) is 0 Å². The normalized spacial score (nSPS) is 10.1. The van der Waals surface area contributed by atoms with Crippen LogP contribution in [0.5, 0.6) is 0 Å². The van der Waals surface area contributed by atoms with Crippen LogP contribution in [0.15, 0.2) is 29.1 Å². The third-order valence-electron chi connectivity index (χ3n) is 1.72. The lowest BCUT2D eigenvalue weighted by Crippen LogP contribution is -2.12. The Kier molecular flexibility index (Phi) is 3.07. The van der Waals surface area contributed by atoms with Gasteiger partial charge < -0.3 is 9.73 Å². The number of nitrogens with zero attached hydrogens (tertiary/aromatic N) is 2. The van der Waals surface area contributed by atoms with E-state index in [1.165, 1.54) is 24.7 Å². The highest BCUT2D eigenvalue weighted by molar-refractivity contribution is 6.32. The molecule has 0 fully saturated rings. The van der Waals surface area contributed by atoms with Gasteiger partial charge in [-0.15, -0.1) is 0 Å². The number of amides is 1. The molecule has 0 saturated carbocycles. The molecule has 1 N–H and O–H groups in total. The van der Waals surface area contributed by atoms with Crippen LogP contribution in [-0.4, -0.2) is 15.9 Å². The largest absolute Gasteiger partial charge is 0.452 e. The molecular weight excluding hydrogens is 253 g/mol. The molecule has 0 atom stereocenters. The molecule has 0 bridgehead atoms. The standard InChI is InChI=1S/C9H5Cl2N3O2/c10-6-3-13-7(4-12-6)14-9(15)5-1-2-16-8(5)11/h1-4H,(H,13,14,15). The van der Waals surface area contributed by atoms with Gasteiger partial charge in [-0.25, -0.2) is 9.97 Å². The van der Waals surface area contributed by atoms with Crippen LogP contribution < -0.4 is 5.32 Å². The summed E-state index contributed by atoms with van der Waals surface area (Å²) in [5.41, 5.74) is 0.235. The van der Waals surface area contributed by atoms with Crippen molar-refractivity contribution in [2.75, 3.05) is 5.32 Å². The van der Waals surface area contributed by atoms with E-state index in [1.54, 1.807) is 0 Å². The van der Waals surface area contributed by atoms with Crippen LogP contribution in [0.4, 0.5) is 5.82 Å². The van der Waals surface area contributed by atoms with Crippen molar-refractivity contribution in [1.82, 2.24) is 9.97 Å². The summed E-state index contributed by atoms with van der Waals surface area (Å²) in [6.45, 7) is 0. The number of anilines is 1. The third-order valence-corrected chi connectivity index (χ3v) is 2.21. The predicted octanol–water partition coefficient (Wildman–Crippen LogP) is 2.63. The fourth-order valence-corrected chi connectivity index (χ4v) is 1.31. The Morgan fingerprint density at radius 1 is 1.31 bits per heavy atom. The third kappa shape index (κ3) is 2.32. The van der Waals surface area contributed by atoms with Crippen molar-refractivity contribution in [3.05, 3.63) is 40.7 Å². The number of hydrogen-bond acceptors (Lipinski definition) is 4. The molecule has 2 heterocycles. The van der Waals surface area contributed by atoms with Gasteiger partial charge in [0.2, 0.25) is 5.22 Å². The van der Waals surface area contributed by atoms with E-state index in [4.69, 9.17) is 27.6 Å². The number of hydrogen-bond donors (Lipinski definition) is 1. The summed E-state index contributed by atoms with van der Waals surface area (Å²) >= 11 is 11.2. The van der Waals surface area contributed by atoms with Gasteiger partial charge in [-0.1, -0.05) is 11.6 Å². The van der Waals surface area contributed by atoms with Crippen LogP contribution >= 0.6 is 23.2 Å². The summed E-state index contributed by atoms with van der Waals surface area (Å²) in [5, 5.41) is 2.77. The van der Waals surface area contributed by atoms with Gasteiger partial charge in [0.25, 0.3) is 5.91 Å². The molecular formula is C9H5Cl2N3O2. The summed E-state index contributed by atoms with van der Waals surface area (Å²) in [7, 11) is 0. The van der Waals surface area contributed by atoms with Gasteiger partial charge in [-0.3, -0.25) is 4.79 Å². The minimum absolute atomic E-state index is 0.0272. The van der Waals surface area contributed by atoms with Crippen LogP contribution in [-0.2, 0) is 0 Å². The van der Waals surface area contributed by atoms with Crippen molar-refractivity contribution in [1.29, 1.82) is 0 Å². The van der Waals surface area contributed by atoms with E-state index >= 15 is 0 Å². The quantitative estimate of drug-likeness (QED) is 0.898. The minimum Gasteiger partial charge on any atom is -0.452 e. The predicted molar refractivity (Wildman–Crippen MR) is 58.7 cm³/mol. The molecule has 0 radical (unpaired) electrons. The molecule has 0 aromatic carbocycles. The van der Waals surface area contributed by atoms with Gasteiger partial charge in [-0.05, 0) is 17.7 Å². The van der Waals surface area contributed by atoms with Crippen molar-refractivity contribution < 1.29 is 9.21 Å². The molecule has 2 rings (SSSR count). The average molecular weight is 258 g/mol. The zero-order valence-electron chi connectivity index (χ0n) is 7.78.